The van der Waals surface area contributed by atoms with Crippen molar-refractivity contribution in [3.63, 3.8) is 0 Å². The molecule has 0 fully saturated rings. The molecule has 0 spiro atoms. The van der Waals surface area contributed by atoms with E-state index in [4.69, 9.17) is 5.73 Å². The third-order valence-electron chi connectivity index (χ3n) is 3.13. The predicted octanol–water partition coefficient (Wildman–Crippen LogP) is 2.60. The minimum absolute atomic E-state index is 0.675. The van der Waals surface area contributed by atoms with Crippen molar-refractivity contribution in [2.75, 3.05) is 11.1 Å². The summed E-state index contributed by atoms with van der Waals surface area (Å²) in [4.78, 5) is 4.30. The summed E-state index contributed by atoms with van der Waals surface area (Å²) in [5, 5.41) is 8.67. The van der Waals surface area contributed by atoms with Crippen LogP contribution in [0.2, 0.25) is 0 Å². The van der Waals surface area contributed by atoms with Crippen LogP contribution in [0.15, 0.2) is 36.5 Å². The Kier molecular flexibility index (Phi) is 2.59. The quantitative estimate of drug-likeness (QED) is 0.736. The highest BCUT2D eigenvalue weighted by molar-refractivity contribution is 5.84. The Morgan fingerprint density at radius 2 is 2.11 bits per heavy atom. The van der Waals surface area contributed by atoms with Gasteiger partial charge in [-0.25, -0.2) is 0 Å². The van der Waals surface area contributed by atoms with Gasteiger partial charge < -0.3 is 11.1 Å². The Bertz CT molecular complexity index is 745. The minimum atomic E-state index is 0.675. The van der Waals surface area contributed by atoms with Crippen molar-refractivity contribution in [3.8, 4) is 0 Å². The Labute approximate surface area is 111 Å². The fourth-order valence-electron chi connectivity index (χ4n) is 2.11. The van der Waals surface area contributed by atoms with Gasteiger partial charge in [0.15, 0.2) is 5.82 Å². The first kappa shape index (κ1) is 11.5. The summed E-state index contributed by atoms with van der Waals surface area (Å²) in [6.45, 7) is 1.89. The molecule has 3 N–H and O–H groups in total. The van der Waals surface area contributed by atoms with Gasteiger partial charge in [-0.3, -0.25) is 9.67 Å². The lowest BCUT2D eigenvalue weighted by molar-refractivity contribution is 0.765. The van der Waals surface area contributed by atoms with Crippen molar-refractivity contribution in [1.82, 2.24) is 14.8 Å². The molecule has 3 rings (SSSR count). The Morgan fingerprint density at radius 1 is 1.26 bits per heavy atom. The fraction of sp³-hybridized carbons (Fsp3) is 0.143. The second-order valence-corrected chi connectivity index (χ2v) is 4.51. The van der Waals surface area contributed by atoms with E-state index in [0.29, 0.717) is 5.69 Å². The molecular formula is C14H15N5. The highest BCUT2D eigenvalue weighted by atomic mass is 15.3. The van der Waals surface area contributed by atoms with Gasteiger partial charge in [-0.2, -0.15) is 5.10 Å². The molecule has 1 aromatic carbocycles. The van der Waals surface area contributed by atoms with Crippen LogP contribution in [0, 0.1) is 6.92 Å². The molecule has 0 saturated carbocycles. The van der Waals surface area contributed by atoms with Gasteiger partial charge in [0.1, 0.15) is 0 Å². The van der Waals surface area contributed by atoms with E-state index in [9.17, 15) is 0 Å². The van der Waals surface area contributed by atoms with E-state index in [1.807, 2.05) is 44.3 Å². The van der Waals surface area contributed by atoms with Gasteiger partial charge in [-0.05, 0) is 31.2 Å². The van der Waals surface area contributed by atoms with E-state index < -0.39 is 0 Å². The standard InChI is InChI=1S/C14H15N5/c1-9-13(15)14(19(2)18-9)17-11-5-6-12-10(8-11)4-3-7-16-12/h3-8,17H,15H2,1-2H3. The largest absolute Gasteiger partial charge is 0.394 e. The van der Waals surface area contributed by atoms with E-state index in [2.05, 4.69) is 15.4 Å². The molecule has 3 aromatic rings. The monoisotopic (exact) mass is 253 g/mol. The molecule has 0 aliphatic rings. The van der Waals surface area contributed by atoms with Crippen LogP contribution in [0.5, 0.6) is 0 Å². The fourth-order valence-corrected chi connectivity index (χ4v) is 2.11. The number of nitrogens with zero attached hydrogens (tertiary/aromatic N) is 3. The smallest absolute Gasteiger partial charge is 0.152 e. The number of fused-ring (bicyclic) bond motifs is 1. The van der Waals surface area contributed by atoms with Gasteiger partial charge in [0.2, 0.25) is 0 Å². The molecule has 0 saturated heterocycles. The summed E-state index contributed by atoms with van der Waals surface area (Å²) >= 11 is 0. The molecule has 0 unspecified atom stereocenters. The van der Waals surface area contributed by atoms with Crippen LogP contribution < -0.4 is 11.1 Å². The highest BCUT2D eigenvalue weighted by Crippen LogP contribution is 2.26. The summed E-state index contributed by atoms with van der Waals surface area (Å²) in [7, 11) is 1.87. The molecule has 0 radical (unpaired) electrons. The van der Waals surface area contributed by atoms with E-state index in [0.717, 1.165) is 28.1 Å². The van der Waals surface area contributed by atoms with Crippen molar-refractivity contribution < 1.29 is 0 Å². The van der Waals surface area contributed by atoms with Crippen LogP contribution in [-0.4, -0.2) is 14.8 Å². The predicted molar refractivity (Wildman–Crippen MR) is 77.4 cm³/mol. The van der Waals surface area contributed by atoms with Crippen LogP contribution in [0.4, 0.5) is 17.2 Å². The second kappa shape index (κ2) is 4.28. The summed E-state index contributed by atoms with van der Waals surface area (Å²) in [5.74, 6) is 0.806. The third-order valence-corrected chi connectivity index (χ3v) is 3.13. The zero-order valence-electron chi connectivity index (χ0n) is 10.9. The molecule has 2 aromatic heterocycles. The summed E-state index contributed by atoms with van der Waals surface area (Å²) < 4.78 is 1.75. The van der Waals surface area contributed by atoms with Crippen molar-refractivity contribution in [3.05, 3.63) is 42.2 Å². The van der Waals surface area contributed by atoms with Crippen molar-refractivity contribution in [1.29, 1.82) is 0 Å². The average Bonchev–Trinajstić information content (AvgIpc) is 2.65. The van der Waals surface area contributed by atoms with Gasteiger partial charge >= 0.3 is 0 Å². The van der Waals surface area contributed by atoms with Crippen molar-refractivity contribution >= 4 is 28.1 Å². The number of nitrogens with two attached hydrogens (primary N) is 1. The topological polar surface area (TPSA) is 68.8 Å². The summed E-state index contributed by atoms with van der Waals surface area (Å²) in [5.41, 5.74) is 9.45. The van der Waals surface area contributed by atoms with E-state index in [1.165, 1.54) is 0 Å². The maximum absolute atomic E-state index is 6.01. The average molecular weight is 253 g/mol. The summed E-state index contributed by atoms with van der Waals surface area (Å²) in [6.07, 6.45) is 1.79. The van der Waals surface area contributed by atoms with Gasteiger partial charge in [-0.1, -0.05) is 6.07 Å². The number of anilines is 3. The number of nitrogens with one attached hydrogen (secondary N) is 1. The first-order valence-electron chi connectivity index (χ1n) is 6.06. The summed E-state index contributed by atoms with van der Waals surface area (Å²) in [6, 6.07) is 9.97. The first-order chi connectivity index (χ1) is 9.15. The molecule has 19 heavy (non-hydrogen) atoms. The highest BCUT2D eigenvalue weighted by Gasteiger charge is 2.10. The minimum Gasteiger partial charge on any atom is -0.394 e. The van der Waals surface area contributed by atoms with Crippen LogP contribution in [-0.2, 0) is 7.05 Å². The van der Waals surface area contributed by atoms with Crippen LogP contribution in [0.1, 0.15) is 5.69 Å². The number of rotatable bonds is 2. The van der Waals surface area contributed by atoms with Gasteiger partial charge in [-0.15, -0.1) is 0 Å². The maximum Gasteiger partial charge on any atom is 0.152 e. The van der Waals surface area contributed by atoms with Gasteiger partial charge in [0.05, 0.1) is 16.9 Å². The zero-order valence-corrected chi connectivity index (χ0v) is 10.9. The molecule has 0 aliphatic heterocycles. The molecule has 0 aliphatic carbocycles. The molecule has 2 heterocycles. The van der Waals surface area contributed by atoms with E-state index in [1.54, 1.807) is 10.9 Å². The zero-order chi connectivity index (χ0) is 13.4. The molecule has 0 bridgehead atoms. The van der Waals surface area contributed by atoms with Crippen LogP contribution in [0.3, 0.4) is 0 Å². The number of pyridine rings is 1. The number of hydrogen-bond donors (Lipinski definition) is 2. The number of nitrogen functional groups attached to an aromatic ring is 1. The molecule has 0 amide bonds. The van der Waals surface area contributed by atoms with Crippen LogP contribution in [0.25, 0.3) is 10.9 Å². The number of hydrogen-bond acceptors (Lipinski definition) is 4. The molecular weight excluding hydrogens is 238 g/mol. The molecule has 5 heteroatoms. The van der Waals surface area contributed by atoms with Crippen molar-refractivity contribution in [2.45, 2.75) is 6.92 Å². The van der Waals surface area contributed by atoms with E-state index in [-0.39, 0.29) is 0 Å². The van der Waals surface area contributed by atoms with Crippen LogP contribution >= 0.6 is 0 Å². The Morgan fingerprint density at radius 3 is 2.84 bits per heavy atom. The normalized spacial score (nSPS) is 10.8. The molecule has 0 atom stereocenters. The lowest BCUT2D eigenvalue weighted by Gasteiger charge is -2.08. The maximum atomic E-state index is 6.01. The molecule has 96 valence electrons. The van der Waals surface area contributed by atoms with Gasteiger partial charge in [0, 0.05) is 24.3 Å². The molecule has 5 nitrogen and oxygen atoms in total. The second-order valence-electron chi connectivity index (χ2n) is 4.51. The Hall–Kier alpha value is -2.56. The van der Waals surface area contributed by atoms with Gasteiger partial charge in [0.25, 0.3) is 0 Å². The lowest BCUT2D eigenvalue weighted by atomic mass is 10.2. The number of aryl methyl sites for hydroxylation is 2. The SMILES string of the molecule is Cc1nn(C)c(Nc2ccc3ncccc3c2)c1N. The van der Waals surface area contributed by atoms with Crippen molar-refractivity contribution in [2.24, 2.45) is 7.05 Å². The lowest BCUT2D eigenvalue weighted by Crippen LogP contribution is -2.01. The first-order valence-corrected chi connectivity index (χ1v) is 6.06. The number of benzene rings is 1. The third kappa shape index (κ3) is 1.99. The van der Waals surface area contributed by atoms with E-state index >= 15 is 0 Å². The Balaban J connectivity index is 2.01. The number of aromatic nitrogens is 3.